The zero-order valence-corrected chi connectivity index (χ0v) is 22.2. The Hall–Kier alpha value is -2.64. The van der Waals surface area contributed by atoms with E-state index < -0.39 is 0 Å². The molecule has 1 aliphatic rings. The van der Waals surface area contributed by atoms with Crippen LogP contribution in [0.1, 0.15) is 58.3 Å². The van der Waals surface area contributed by atoms with Gasteiger partial charge in [-0.3, -0.25) is 9.59 Å². The van der Waals surface area contributed by atoms with E-state index in [-0.39, 0.29) is 17.2 Å². The highest BCUT2D eigenvalue weighted by Crippen LogP contribution is 2.44. The zero-order chi connectivity index (χ0) is 24.5. The van der Waals surface area contributed by atoms with Crippen LogP contribution in [0.15, 0.2) is 53.0 Å². The Balaban J connectivity index is 1.71. The summed E-state index contributed by atoms with van der Waals surface area (Å²) in [4.78, 5) is 27.9. The van der Waals surface area contributed by atoms with Crippen LogP contribution >= 0.6 is 27.3 Å². The van der Waals surface area contributed by atoms with Gasteiger partial charge < -0.3 is 15.4 Å². The van der Waals surface area contributed by atoms with Gasteiger partial charge in [-0.2, -0.15) is 0 Å². The van der Waals surface area contributed by atoms with Crippen LogP contribution in [0.25, 0.3) is 0 Å². The highest BCUT2D eigenvalue weighted by atomic mass is 79.9. The molecule has 0 saturated heterocycles. The first-order valence-corrected chi connectivity index (χ1v) is 12.9. The van der Waals surface area contributed by atoms with E-state index in [2.05, 4.69) is 47.3 Å². The summed E-state index contributed by atoms with van der Waals surface area (Å²) in [6.07, 6.45) is 2.73. The molecule has 2 amide bonds. The van der Waals surface area contributed by atoms with Crippen LogP contribution in [-0.4, -0.2) is 18.9 Å². The molecule has 0 aliphatic heterocycles. The van der Waals surface area contributed by atoms with E-state index in [4.69, 9.17) is 4.74 Å². The zero-order valence-electron chi connectivity index (χ0n) is 19.8. The second-order valence-corrected chi connectivity index (χ2v) is 11.6. The summed E-state index contributed by atoms with van der Waals surface area (Å²) in [7, 11) is 1.58. The first-order valence-electron chi connectivity index (χ1n) is 11.3. The van der Waals surface area contributed by atoms with Gasteiger partial charge >= 0.3 is 0 Å². The third-order valence-corrected chi connectivity index (χ3v) is 8.28. The minimum Gasteiger partial charge on any atom is -0.495 e. The van der Waals surface area contributed by atoms with Crippen LogP contribution in [0.2, 0.25) is 0 Å². The molecule has 1 aromatic heterocycles. The van der Waals surface area contributed by atoms with Crippen molar-refractivity contribution < 1.29 is 14.3 Å². The molecule has 1 atom stereocenters. The lowest BCUT2D eigenvalue weighted by Gasteiger charge is -2.33. The second kappa shape index (κ2) is 9.92. The standard InChI is InChI=1S/C27H29BrN2O3S/c1-27(2,3)16-13-14-18-22(15-16)34-26(30-24(31)17-9-5-6-10-19(17)28)23(18)25(32)29-20-11-7-8-12-21(20)33-4/h5-12,16H,13-15H2,1-4H3,(H,29,32)(H,30,31). The Morgan fingerprint density at radius 1 is 1.03 bits per heavy atom. The lowest BCUT2D eigenvalue weighted by Crippen LogP contribution is -2.27. The van der Waals surface area contributed by atoms with Gasteiger partial charge in [-0.15, -0.1) is 11.3 Å². The summed E-state index contributed by atoms with van der Waals surface area (Å²) >= 11 is 4.97. The van der Waals surface area contributed by atoms with E-state index in [0.29, 0.717) is 38.0 Å². The van der Waals surface area contributed by atoms with Crippen LogP contribution in [-0.2, 0) is 12.8 Å². The van der Waals surface area contributed by atoms with Gasteiger partial charge in [-0.05, 0) is 76.4 Å². The molecule has 7 heteroatoms. The lowest BCUT2D eigenvalue weighted by molar-refractivity contribution is 0.102. The summed E-state index contributed by atoms with van der Waals surface area (Å²) in [6.45, 7) is 6.80. The SMILES string of the molecule is COc1ccccc1NC(=O)c1c(NC(=O)c2ccccc2Br)sc2c1CCC(C(C)(C)C)C2. The number of ether oxygens (including phenoxy) is 1. The van der Waals surface area contributed by atoms with Gasteiger partial charge in [0.15, 0.2) is 0 Å². The molecule has 0 spiro atoms. The molecular weight excluding hydrogens is 512 g/mol. The Morgan fingerprint density at radius 2 is 1.74 bits per heavy atom. The van der Waals surface area contributed by atoms with E-state index in [1.807, 2.05) is 42.5 Å². The van der Waals surface area contributed by atoms with Crippen molar-refractivity contribution in [2.45, 2.75) is 40.0 Å². The van der Waals surface area contributed by atoms with Crippen LogP contribution in [0.4, 0.5) is 10.7 Å². The molecule has 178 valence electrons. The lowest BCUT2D eigenvalue weighted by atomic mass is 9.72. The summed E-state index contributed by atoms with van der Waals surface area (Å²) in [5.74, 6) is 0.630. The van der Waals surface area contributed by atoms with Gasteiger partial charge in [0.1, 0.15) is 10.8 Å². The number of fused-ring (bicyclic) bond motifs is 1. The first-order chi connectivity index (χ1) is 16.2. The fourth-order valence-electron chi connectivity index (χ4n) is 4.40. The van der Waals surface area contributed by atoms with E-state index in [1.165, 1.54) is 16.2 Å². The highest BCUT2D eigenvalue weighted by Gasteiger charge is 2.34. The molecule has 0 bridgehead atoms. The van der Waals surface area contributed by atoms with Gasteiger partial charge in [0.2, 0.25) is 0 Å². The van der Waals surface area contributed by atoms with Gasteiger partial charge in [0.05, 0.1) is 23.9 Å². The maximum Gasteiger partial charge on any atom is 0.259 e. The summed E-state index contributed by atoms with van der Waals surface area (Å²) in [6, 6.07) is 14.6. The minimum absolute atomic E-state index is 0.180. The van der Waals surface area contributed by atoms with Crippen molar-refractivity contribution in [1.29, 1.82) is 0 Å². The van der Waals surface area contributed by atoms with E-state index >= 15 is 0 Å². The minimum atomic E-state index is -0.246. The number of benzene rings is 2. The number of rotatable bonds is 5. The van der Waals surface area contributed by atoms with Gasteiger partial charge in [0.25, 0.3) is 11.8 Å². The van der Waals surface area contributed by atoms with E-state index in [1.54, 1.807) is 13.2 Å². The number of halogens is 1. The van der Waals surface area contributed by atoms with Gasteiger partial charge in [-0.25, -0.2) is 0 Å². The smallest absolute Gasteiger partial charge is 0.259 e. The number of carbonyl (C=O) groups is 2. The fraction of sp³-hybridized carbons (Fsp3) is 0.333. The Labute approximate surface area is 213 Å². The number of para-hydroxylation sites is 2. The second-order valence-electron chi connectivity index (χ2n) is 9.60. The molecule has 0 fully saturated rings. The maximum absolute atomic E-state index is 13.6. The van der Waals surface area contributed by atoms with Crippen molar-refractivity contribution in [1.82, 2.24) is 0 Å². The van der Waals surface area contributed by atoms with Crippen molar-refractivity contribution in [3.63, 3.8) is 0 Å². The van der Waals surface area contributed by atoms with Gasteiger partial charge in [0, 0.05) is 9.35 Å². The average Bonchev–Trinajstić information content (AvgIpc) is 3.16. The molecule has 2 N–H and O–H groups in total. The molecule has 2 aromatic carbocycles. The van der Waals surface area contributed by atoms with Crippen molar-refractivity contribution in [2.24, 2.45) is 11.3 Å². The Kier molecular flexibility index (Phi) is 7.14. The molecule has 34 heavy (non-hydrogen) atoms. The van der Waals surface area contributed by atoms with Crippen molar-refractivity contribution in [2.75, 3.05) is 17.7 Å². The number of hydrogen-bond acceptors (Lipinski definition) is 4. The number of hydrogen-bond donors (Lipinski definition) is 2. The molecule has 1 heterocycles. The third-order valence-electron chi connectivity index (χ3n) is 6.42. The monoisotopic (exact) mass is 540 g/mol. The largest absolute Gasteiger partial charge is 0.495 e. The normalized spacial score (nSPS) is 15.4. The summed E-state index contributed by atoms with van der Waals surface area (Å²) < 4.78 is 6.12. The summed E-state index contributed by atoms with van der Waals surface area (Å²) in [5.41, 5.74) is 2.90. The average molecular weight is 542 g/mol. The van der Waals surface area contributed by atoms with Gasteiger partial charge in [-0.1, -0.05) is 45.0 Å². The molecule has 1 aliphatic carbocycles. The molecule has 3 aromatic rings. The van der Waals surface area contributed by atoms with Crippen LogP contribution in [0, 0.1) is 11.3 Å². The molecule has 5 nitrogen and oxygen atoms in total. The third kappa shape index (κ3) is 5.05. The number of methoxy groups -OCH3 is 1. The highest BCUT2D eigenvalue weighted by molar-refractivity contribution is 9.10. The quantitative estimate of drug-likeness (QED) is 0.360. The summed E-state index contributed by atoms with van der Waals surface area (Å²) in [5, 5.41) is 6.62. The Bertz CT molecular complexity index is 1230. The Morgan fingerprint density at radius 3 is 2.44 bits per heavy atom. The number of anilines is 2. The van der Waals surface area contributed by atoms with Crippen molar-refractivity contribution >= 4 is 49.8 Å². The van der Waals surface area contributed by atoms with Crippen LogP contribution in [0.3, 0.4) is 0 Å². The number of thiophene rings is 1. The molecule has 0 radical (unpaired) electrons. The van der Waals surface area contributed by atoms with Crippen LogP contribution < -0.4 is 15.4 Å². The number of nitrogens with one attached hydrogen (secondary N) is 2. The molecule has 0 saturated carbocycles. The van der Waals surface area contributed by atoms with Crippen molar-refractivity contribution in [3.05, 3.63) is 74.6 Å². The number of carbonyl (C=O) groups excluding carboxylic acids is 2. The molecule has 4 rings (SSSR count). The maximum atomic E-state index is 13.6. The predicted octanol–water partition coefficient (Wildman–Crippen LogP) is 7.17. The van der Waals surface area contributed by atoms with E-state index in [0.717, 1.165) is 24.8 Å². The fourth-order valence-corrected chi connectivity index (χ4v) is 6.19. The van der Waals surface area contributed by atoms with Crippen molar-refractivity contribution in [3.8, 4) is 5.75 Å². The topological polar surface area (TPSA) is 67.4 Å². The van der Waals surface area contributed by atoms with Crippen LogP contribution in [0.5, 0.6) is 5.75 Å². The molecular formula is C27H29BrN2O3S. The molecule has 1 unspecified atom stereocenters. The predicted molar refractivity (Wildman–Crippen MR) is 142 cm³/mol. The number of amides is 2. The van der Waals surface area contributed by atoms with E-state index in [9.17, 15) is 9.59 Å². The first kappa shape index (κ1) is 24.5.